The molecule has 6 heteroatoms. The van der Waals surface area contributed by atoms with Crippen LogP contribution < -0.4 is 5.73 Å². The molecule has 2 unspecified atom stereocenters. The van der Waals surface area contributed by atoms with E-state index < -0.39 is 0 Å². The summed E-state index contributed by atoms with van der Waals surface area (Å²) < 4.78 is 1.08. The van der Waals surface area contributed by atoms with Crippen molar-refractivity contribution in [1.82, 2.24) is 9.80 Å². The number of carbonyl (C=O) groups excluding carboxylic acids is 1. The van der Waals surface area contributed by atoms with Gasteiger partial charge in [-0.25, -0.2) is 0 Å². The second kappa shape index (κ2) is 8.88. The highest BCUT2D eigenvalue weighted by molar-refractivity contribution is 9.10. The van der Waals surface area contributed by atoms with E-state index in [1.54, 1.807) is 30.3 Å². The first-order valence-electron chi connectivity index (χ1n) is 7.34. The molecule has 0 aliphatic carbocycles. The van der Waals surface area contributed by atoms with Crippen molar-refractivity contribution in [2.45, 2.75) is 38.8 Å². The van der Waals surface area contributed by atoms with E-state index in [1.807, 2.05) is 0 Å². The number of hydrogen-bond donors (Lipinski definition) is 1. The molecule has 0 saturated carbocycles. The number of likely N-dealkylation sites (N-methyl/N-ethyl adjacent to an activating group) is 1. The van der Waals surface area contributed by atoms with Crippen LogP contribution in [0.4, 0.5) is 0 Å². The van der Waals surface area contributed by atoms with Crippen LogP contribution in [0.3, 0.4) is 0 Å². The average Bonchev–Trinajstić information content (AvgIpc) is 2.85. The maximum atomic E-state index is 12.1. The Morgan fingerprint density at radius 1 is 1.43 bits per heavy atom. The Bertz CT molecular complexity index is 450. The molecule has 1 rings (SSSR count). The Balaban J connectivity index is 3.03. The Morgan fingerprint density at radius 2 is 2.10 bits per heavy atom. The molecule has 0 spiro atoms. The normalized spacial score (nSPS) is 14.2. The molecule has 1 amide bonds. The number of carbonyl (C=O) groups is 1. The van der Waals surface area contributed by atoms with Gasteiger partial charge in [0.05, 0.1) is 12.6 Å². The van der Waals surface area contributed by atoms with E-state index >= 15 is 0 Å². The van der Waals surface area contributed by atoms with E-state index in [9.17, 15) is 4.79 Å². The van der Waals surface area contributed by atoms with Crippen molar-refractivity contribution in [1.29, 1.82) is 0 Å². The predicted molar refractivity (Wildman–Crippen MR) is 93.6 cm³/mol. The maximum Gasteiger partial charge on any atom is 0.236 e. The predicted octanol–water partition coefficient (Wildman–Crippen LogP) is 3.09. The van der Waals surface area contributed by atoms with Gasteiger partial charge in [0.15, 0.2) is 0 Å². The molecule has 1 heterocycles. The first kappa shape index (κ1) is 18.6. The number of nitrogens with two attached hydrogens (primary N) is 1. The Morgan fingerprint density at radius 3 is 2.52 bits per heavy atom. The molecule has 0 saturated heterocycles. The van der Waals surface area contributed by atoms with E-state index in [2.05, 4.69) is 46.1 Å². The van der Waals surface area contributed by atoms with Crippen molar-refractivity contribution in [3.05, 3.63) is 20.8 Å². The van der Waals surface area contributed by atoms with Gasteiger partial charge < -0.3 is 10.6 Å². The molecular weight excluding hydrogens is 350 g/mol. The van der Waals surface area contributed by atoms with Crippen LogP contribution in [0.15, 0.2) is 15.9 Å². The van der Waals surface area contributed by atoms with Gasteiger partial charge in [-0.05, 0) is 41.4 Å². The van der Waals surface area contributed by atoms with Gasteiger partial charge in [-0.3, -0.25) is 9.69 Å². The number of halogens is 1. The highest BCUT2D eigenvalue weighted by atomic mass is 79.9. The van der Waals surface area contributed by atoms with Crippen LogP contribution in [-0.2, 0) is 4.79 Å². The lowest BCUT2D eigenvalue weighted by Gasteiger charge is -2.34. The summed E-state index contributed by atoms with van der Waals surface area (Å²) >= 11 is 5.21. The smallest absolute Gasteiger partial charge is 0.236 e. The molecule has 0 bridgehead atoms. The number of hydrogen-bond acceptors (Lipinski definition) is 4. The average molecular weight is 376 g/mol. The van der Waals surface area contributed by atoms with Crippen molar-refractivity contribution >= 4 is 33.2 Å². The standard InChI is InChI=1S/C15H26BrN3OS/c1-5-7-19(9-14(20)18(3)4)15(12(17)6-2)13-8-11(16)10-21-13/h8,10,12,15H,5-7,9,17H2,1-4H3. The van der Waals surface area contributed by atoms with Crippen LogP contribution in [0.1, 0.15) is 37.6 Å². The maximum absolute atomic E-state index is 12.1. The highest BCUT2D eigenvalue weighted by Crippen LogP contribution is 2.32. The van der Waals surface area contributed by atoms with Crippen molar-refractivity contribution in [3.63, 3.8) is 0 Å². The molecule has 0 aliphatic rings. The molecule has 4 nitrogen and oxygen atoms in total. The minimum absolute atomic E-state index is 0.0251. The zero-order valence-electron chi connectivity index (χ0n) is 13.3. The lowest BCUT2D eigenvalue weighted by Crippen LogP contribution is -2.45. The topological polar surface area (TPSA) is 49.6 Å². The molecular formula is C15H26BrN3OS. The minimum Gasteiger partial charge on any atom is -0.348 e. The summed E-state index contributed by atoms with van der Waals surface area (Å²) in [5, 5.41) is 2.07. The van der Waals surface area contributed by atoms with Crippen LogP contribution in [0.2, 0.25) is 0 Å². The summed E-state index contributed by atoms with van der Waals surface area (Å²) in [6.45, 7) is 5.51. The van der Waals surface area contributed by atoms with Gasteiger partial charge >= 0.3 is 0 Å². The fourth-order valence-electron chi connectivity index (χ4n) is 2.29. The number of thiophene rings is 1. The van der Waals surface area contributed by atoms with Crippen molar-refractivity contribution in [2.24, 2.45) is 5.73 Å². The van der Waals surface area contributed by atoms with E-state index in [-0.39, 0.29) is 18.0 Å². The van der Waals surface area contributed by atoms with Crippen molar-refractivity contribution in [2.75, 3.05) is 27.2 Å². The minimum atomic E-state index is 0.0251. The lowest BCUT2D eigenvalue weighted by molar-refractivity contribution is -0.130. The van der Waals surface area contributed by atoms with E-state index in [0.717, 1.165) is 23.9 Å². The molecule has 1 aromatic heterocycles. The summed E-state index contributed by atoms with van der Waals surface area (Å²) in [6, 6.07) is 2.24. The van der Waals surface area contributed by atoms with Crippen LogP contribution >= 0.6 is 27.3 Å². The lowest BCUT2D eigenvalue weighted by atomic mass is 10.0. The number of amides is 1. The first-order valence-corrected chi connectivity index (χ1v) is 9.01. The summed E-state index contributed by atoms with van der Waals surface area (Å²) in [6.07, 6.45) is 1.89. The van der Waals surface area contributed by atoms with E-state index in [0.29, 0.717) is 6.54 Å². The molecule has 21 heavy (non-hydrogen) atoms. The van der Waals surface area contributed by atoms with Gasteiger partial charge in [-0.1, -0.05) is 13.8 Å². The third kappa shape index (κ3) is 5.36. The Hall–Kier alpha value is -0.430. The van der Waals surface area contributed by atoms with Gasteiger partial charge in [-0.2, -0.15) is 0 Å². The first-order chi connectivity index (χ1) is 9.90. The molecule has 1 aromatic rings. The van der Waals surface area contributed by atoms with Gasteiger partial charge in [0.2, 0.25) is 5.91 Å². The highest BCUT2D eigenvalue weighted by Gasteiger charge is 2.28. The van der Waals surface area contributed by atoms with Gasteiger partial charge in [-0.15, -0.1) is 11.3 Å². The number of nitrogens with zero attached hydrogens (tertiary/aromatic N) is 2. The zero-order chi connectivity index (χ0) is 16.0. The second-order valence-corrected chi connectivity index (χ2v) is 7.30. The molecule has 120 valence electrons. The van der Waals surface area contributed by atoms with Gasteiger partial charge in [0.1, 0.15) is 0 Å². The Labute approximate surface area is 140 Å². The number of rotatable bonds is 8. The second-order valence-electron chi connectivity index (χ2n) is 5.44. The third-order valence-corrected chi connectivity index (χ3v) is 5.26. The summed E-state index contributed by atoms with van der Waals surface area (Å²) in [4.78, 5) is 17.2. The monoisotopic (exact) mass is 375 g/mol. The van der Waals surface area contributed by atoms with Crippen LogP contribution in [0.25, 0.3) is 0 Å². The van der Waals surface area contributed by atoms with E-state index in [4.69, 9.17) is 5.73 Å². The van der Waals surface area contributed by atoms with Gasteiger partial charge in [0, 0.05) is 34.9 Å². The quantitative estimate of drug-likeness (QED) is 0.759. The van der Waals surface area contributed by atoms with Crippen molar-refractivity contribution in [3.8, 4) is 0 Å². The summed E-state index contributed by atoms with van der Waals surface area (Å²) in [5.74, 6) is 0.118. The molecule has 0 aromatic carbocycles. The zero-order valence-corrected chi connectivity index (χ0v) is 15.7. The van der Waals surface area contributed by atoms with Gasteiger partial charge in [0.25, 0.3) is 0 Å². The SMILES string of the molecule is CCCN(CC(=O)N(C)C)C(c1cc(Br)cs1)C(N)CC. The largest absolute Gasteiger partial charge is 0.348 e. The van der Waals surface area contributed by atoms with Crippen LogP contribution in [0.5, 0.6) is 0 Å². The van der Waals surface area contributed by atoms with Crippen molar-refractivity contribution < 1.29 is 4.79 Å². The summed E-state index contributed by atoms with van der Waals surface area (Å²) in [5.41, 5.74) is 6.37. The molecule has 0 fully saturated rings. The molecule has 0 aliphatic heterocycles. The fraction of sp³-hybridized carbons (Fsp3) is 0.667. The van der Waals surface area contributed by atoms with Crippen LogP contribution in [0, 0.1) is 0 Å². The molecule has 2 N–H and O–H groups in total. The van der Waals surface area contributed by atoms with E-state index in [1.165, 1.54) is 4.88 Å². The molecule has 2 atom stereocenters. The summed E-state index contributed by atoms with van der Waals surface area (Å²) in [7, 11) is 3.59. The Kier molecular flexibility index (Phi) is 7.87. The van der Waals surface area contributed by atoms with Crippen LogP contribution in [-0.4, -0.2) is 48.9 Å². The molecule has 0 radical (unpaired) electrons. The fourth-order valence-corrected chi connectivity index (χ4v) is 3.94. The third-order valence-electron chi connectivity index (χ3n) is 3.50.